The van der Waals surface area contributed by atoms with Crippen molar-refractivity contribution in [1.82, 2.24) is 5.32 Å². The van der Waals surface area contributed by atoms with Gasteiger partial charge in [-0.25, -0.2) is 0 Å². The highest BCUT2D eigenvalue weighted by Gasteiger charge is 2.21. The van der Waals surface area contributed by atoms with Gasteiger partial charge < -0.3 is 15.4 Å². The minimum absolute atomic E-state index is 0. The van der Waals surface area contributed by atoms with Gasteiger partial charge in [-0.3, -0.25) is 4.79 Å². The second-order valence-electron chi connectivity index (χ2n) is 5.02. The minimum atomic E-state index is 0. The summed E-state index contributed by atoms with van der Waals surface area (Å²) in [6, 6.07) is 5.30. The second kappa shape index (κ2) is 9.13. The number of halogens is 2. The average Bonchev–Trinajstić information content (AvgIpc) is 2.47. The molecule has 0 unspecified atom stereocenters. The maximum atomic E-state index is 12.3. The van der Waals surface area contributed by atoms with Crippen molar-refractivity contribution >= 4 is 35.6 Å². The summed E-state index contributed by atoms with van der Waals surface area (Å²) >= 11 is 6.00. The summed E-state index contributed by atoms with van der Waals surface area (Å²) in [5.74, 6) is 0.718. The lowest BCUT2D eigenvalue weighted by molar-refractivity contribution is -0.120. The smallest absolute Gasteiger partial charge is 0.228 e. The fraction of sp³-hybridized carbons (Fsp3) is 0.533. The van der Waals surface area contributed by atoms with E-state index in [-0.39, 0.29) is 24.2 Å². The first-order valence-electron chi connectivity index (χ1n) is 7.14. The van der Waals surface area contributed by atoms with Gasteiger partial charge in [-0.05, 0) is 44.0 Å². The predicted molar refractivity (Wildman–Crippen MR) is 88.7 cm³/mol. The average molecular weight is 333 g/mol. The van der Waals surface area contributed by atoms with Crippen LogP contribution in [0.5, 0.6) is 5.75 Å². The van der Waals surface area contributed by atoms with E-state index in [9.17, 15) is 4.79 Å². The number of ether oxygens (including phenoxy) is 1. The fourth-order valence-corrected chi connectivity index (χ4v) is 2.42. The van der Waals surface area contributed by atoms with Gasteiger partial charge in [0.15, 0.2) is 0 Å². The summed E-state index contributed by atoms with van der Waals surface area (Å²) in [6.07, 6.45) is 2.87. The van der Waals surface area contributed by atoms with Gasteiger partial charge in [0.2, 0.25) is 5.91 Å². The highest BCUT2D eigenvalue weighted by molar-refractivity contribution is 6.31. The Bertz CT molecular complexity index is 463. The molecule has 0 bridgehead atoms. The van der Waals surface area contributed by atoms with Crippen molar-refractivity contribution in [2.24, 2.45) is 5.92 Å². The molecule has 0 aromatic heterocycles. The Morgan fingerprint density at radius 3 is 3.00 bits per heavy atom. The Balaban J connectivity index is 0.00000220. The highest BCUT2D eigenvalue weighted by Crippen LogP contribution is 2.29. The van der Waals surface area contributed by atoms with Gasteiger partial charge >= 0.3 is 0 Å². The number of hydrogen-bond acceptors (Lipinski definition) is 3. The first-order chi connectivity index (χ1) is 9.70. The first kappa shape index (κ1) is 18.1. The molecule has 0 aliphatic carbocycles. The topological polar surface area (TPSA) is 50.4 Å². The van der Waals surface area contributed by atoms with Crippen LogP contribution in [0.2, 0.25) is 5.02 Å². The number of rotatable bonds is 5. The Hall–Kier alpha value is -0.970. The first-order valence-corrected chi connectivity index (χ1v) is 7.52. The van der Waals surface area contributed by atoms with E-state index in [2.05, 4.69) is 10.6 Å². The largest absolute Gasteiger partial charge is 0.491 e. The zero-order valence-electron chi connectivity index (χ0n) is 12.2. The maximum absolute atomic E-state index is 12.3. The molecule has 0 saturated carbocycles. The molecular weight excluding hydrogens is 311 g/mol. The highest BCUT2D eigenvalue weighted by atomic mass is 35.5. The zero-order chi connectivity index (χ0) is 14.4. The van der Waals surface area contributed by atoms with E-state index in [1.54, 1.807) is 18.2 Å². The van der Waals surface area contributed by atoms with Crippen molar-refractivity contribution in [1.29, 1.82) is 0 Å². The van der Waals surface area contributed by atoms with Crippen LogP contribution >= 0.6 is 24.0 Å². The summed E-state index contributed by atoms with van der Waals surface area (Å²) in [7, 11) is 0. The van der Waals surface area contributed by atoms with Gasteiger partial charge in [0.1, 0.15) is 5.75 Å². The van der Waals surface area contributed by atoms with E-state index in [1.807, 2.05) is 6.92 Å². The number of carbonyl (C=O) groups is 1. The van der Waals surface area contributed by atoms with Crippen LogP contribution in [0.3, 0.4) is 0 Å². The van der Waals surface area contributed by atoms with E-state index in [0.717, 1.165) is 32.4 Å². The number of nitrogens with one attached hydrogen (secondary N) is 2. The monoisotopic (exact) mass is 332 g/mol. The Labute approximate surface area is 137 Å². The summed E-state index contributed by atoms with van der Waals surface area (Å²) in [6.45, 7) is 4.39. The molecule has 0 radical (unpaired) electrons. The van der Waals surface area contributed by atoms with Crippen molar-refractivity contribution in [3.8, 4) is 5.75 Å². The number of carbonyl (C=O) groups excluding carboxylic acids is 1. The third-order valence-corrected chi connectivity index (χ3v) is 3.56. The van der Waals surface area contributed by atoms with Gasteiger partial charge in [-0.15, -0.1) is 12.4 Å². The SMILES string of the molecule is CCCOc1ccc(Cl)cc1NC(=O)[C@@H]1CCCNC1.Cl. The van der Waals surface area contributed by atoms with Crippen LogP contribution in [0, 0.1) is 5.92 Å². The molecule has 2 rings (SSSR count). The van der Waals surface area contributed by atoms with Crippen LogP contribution in [-0.2, 0) is 4.79 Å². The Morgan fingerprint density at radius 2 is 2.33 bits per heavy atom. The minimum Gasteiger partial charge on any atom is -0.491 e. The van der Waals surface area contributed by atoms with Crippen LogP contribution in [0.1, 0.15) is 26.2 Å². The molecule has 1 amide bonds. The predicted octanol–water partition coefficient (Wildman–Crippen LogP) is 3.49. The summed E-state index contributed by atoms with van der Waals surface area (Å²) in [5.41, 5.74) is 0.654. The van der Waals surface area contributed by atoms with Gasteiger partial charge in [0, 0.05) is 11.6 Å². The van der Waals surface area contributed by atoms with Crippen molar-refractivity contribution < 1.29 is 9.53 Å². The van der Waals surface area contributed by atoms with Gasteiger partial charge in [0.05, 0.1) is 18.2 Å². The molecule has 2 N–H and O–H groups in total. The van der Waals surface area contributed by atoms with Gasteiger partial charge in [-0.2, -0.15) is 0 Å². The molecule has 1 heterocycles. The van der Waals surface area contributed by atoms with Crippen LogP contribution in [0.25, 0.3) is 0 Å². The number of hydrogen-bond donors (Lipinski definition) is 2. The van der Waals surface area contributed by atoms with E-state index >= 15 is 0 Å². The maximum Gasteiger partial charge on any atom is 0.228 e. The van der Waals surface area contributed by atoms with E-state index in [1.165, 1.54) is 0 Å². The van der Waals surface area contributed by atoms with Crippen LogP contribution in [0.15, 0.2) is 18.2 Å². The standard InChI is InChI=1S/C15H21ClN2O2.ClH/c1-2-8-20-14-6-5-12(16)9-13(14)18-15(19)11-4-3-7-17-10-11;/h5-6,9,11,17H,2-4,7-8,10H2,1H3,(H,18,19);1H/t11-;/m1./s1. The lowest BCUT2D eigenvalue weighted by Gasteiger charge is -2.22. The molecule has 118 valence electrons. The molecule has 1 aromatic rings. The van der Waals surface area contributed by atoms with E-state index < -0.39 is 0 Å². The van der Waals surface area contributed by atoms with Crippen molar-refractivity contribution in [3.05, 3.63) is 23.2 Å². The molecule has 6 heteroatoms. The number of piperidine rings is 1. The number of anilines is 1. The van der Waals surface area contributed by atoms with Gasteiger partial charge in [0.25, 0.3) is 0 Å². The molecule has 1 aliphatic rings. The lowest BCUT2D eigenvalue weighted by Crippen LogP contribution is -2.37. The summed E-state index contributed by atoms with van der Waals surface area (Å²) in [5, 5.41) is 6.77. The number of benzene rings is 1. The second-order valence-corrected chi connectivity index (χ2v) is 5.46. The molecule has 1 aromatic carbocycles. The van der Waals surface area contributed by atoms with Crippen LogP contribution in [-0.4, -0.2) is 25.6 Å². The normalized spacial score (nSPS) is 17.7. The van der Waals surface area contributed by atoms with E-state index in [4.69, 9.17) is 16.3 Å². The van der Waals surface area contributed by atoms with Gasteiger partial charge in [-0.1, -0.05) is 18.5 Å². The summed E-state index contributed by atoms with van der Waals surface area (Å²) in [4.78, 5) is 12.3. The molecular formula is C15H22Cl2N2O2. The molecule has 1 atom stereocenters. The Kier molecular flexibility index (Phi) is 7.86. The van der Waals surface area contributed by atoms with Crippen LogP contribution in [0.4, 0.5) is 5.69 Å². The zero-order valence-corrected chi connectivity index (χ0v) is 13.7. The number of amides is 1. The molecule has 21 heavy (non-hydrogen) atoms. The third kappa shape index (κ3) is 5.38. The fourth-order valence-electron chi connectivity index (χ4n) is 2.25. The quantitative estimate of drug-likeness (QED) is 0.867. The summed E-state index contributed by atoms with van der Waals surface area (Å²) < 4.78 is 5.64. The molecule has 0 spiro atoms. The third-order valence-electron chi connectivity index (χ3n) is 3.33. The van der Waals surface area contributed by atoms with E-state index in [0.29, 0.717) is 23.1 Å². The Morgan fingerprint density at radius 1 is 1.52 bits per heavy atom. The molecule has 4 nitrogen and oxygen atoms in total. The van der Waals surface area contributed by atoms with Crippen LogP contribution < -0.4 is 15.4 Å². The lowest BCUT2D eigenvalue weighted by atomic mass is 9.99. The van der Waals surface area contributed by atoms with Crippen molar-refractivity contribution in [2.75, 3.05) is 25.0 Å². The van der Waals surface area contributed by atoms with Crippen molar-refractivity contribution in [3.63, 3.8) is 0 Å². The molecule has 1 aliphatic heterocycles. The molecule has 1 fully saturated rings. The van der Waals surface area contributed by atoms with Crippen molar-refractivity contribution in [2.45, 2.75) is 26.2 Å². The molecule has 1 saturated heterocycles.